The molecule has 0 atom stereocenters. The minimum atomic E-state index is 0.194. The topological polar surface area (TPSA) is 12.0 Å². The third-order valence-corrected chi connectivity index (χ3v) is 2.68. The number of anilines is 1. The van der Waals surface area contributed by atoms with E-state index in [2.05, 4.69) is 56.9 Å². The van der Waals surface area contributed by atoms with Crippen LogP contribution in [-0.2, 0) is 5.41 Å². The molecule has 0 bridgehead atoms. The Morgan fingerprint density at radius 1 is 1.13 bits per heavy atom. The first-order chi connectivity index (χ1) is 6.97. The van der Waals surface area contributed by atoms with Crippen molar-refractivity contribution in [2.24, 2.45) is 0 Å². The van der Waals surface area contributed by atoms with Crippen LogP contribution in [-0.4, -0.2) is 0 Å². The van der Waals surface area contributed by atoms with Gasteiger partial charge in [-0.1, -0.05) is 45.6 Å². The van der Waals surface area contributed by atoms with E-state index in [4.69, 9.17) is 0 Å². The molecule has 1 N–H and O–H groups in total. The molecule has 1 aliphatic rings. The lowest BCUT2D eigenvalue weighted by atomic mass is 9.86. The third kappa shape index (κ3) is 1.96. The fourth-order valence-corrected chi connectivity index (χ4v) is 1.68. The van der Waals surface area contributed by atoms with E-state index in [1.54, 1.807) is 0 Å². The van der Waals surface area contributed by atoms with Gasteiger partial charge in [0.25, 0.3) is 0 Å². The van der Waals surface area contributed by atoms with Crippen LogP contribution in [0, 0.1) is 0 Å². The van der Waals surface area contributed by atoms with E-state index in [9.17, 15) is 0 Å². The van der Waals surface area contributed by atoms with Crippen LogP contribution >= 0.6 is 0 Å². The van der Waals surface area contributed by atoms with Crippen LogP contribution in [0.3, 0.4) is 0 Å². The van der Waals surface area contributed by atoms with E-state index in [1.165, 1.54) is 11.1 Å². The Balaban J connectivity index is 2.47. The summed E-state index contributed by atoms with van der Waals surface area (Å²) in [4.78, 5) is 0. The van der Waals surface area contributed by atoms with Crippen LogP contribution in [0.5, 0.6) is 0 Å². The van der Waals surface area contributed by atoms with Gasteiger partial charge in [-0.15, -0.1) is 0 Å². The van der Waals surface area contributed by atoms with Crippen molar-refractivity contribution in [1.82, 2.24) is 0 Å². The Morgan fingerprint density at radius 2 is 1.87 bits per heavy atom. The standard InChI is InChI=1S/C14H17N/c1-10-5-6-11-7-8-12(14(2,3)4)9-13(11)15-10/h5-9,15H,1H2,2-4H3. The molecule has 15 heavy (non-hydrogen) atoms. The Morgan fingerprint density at radius 3 is 2.53 bits per heavy atom. The van der Waals surface area contributed by atoms with Gasteiger partial charge in [-0.25, -0.2) is 0 Å². The van der Waals surface area contributed by atoms with Gasteiger partial charge in [0.15, 0.2) is 0 Å². The van der Waals surface area contributed by atoms with E-state index < -0.39 is 0 Å². The van der Waals surface area contributed by atoms with Crippen molar-refractivity contribution in [2.45, 2.75) is 26.2 Å². The van der Waals surface area contributed by atoms with Crippen molar-refractivity contribution in [2.75, 3.05) is 5.32 Å². The number of fused-ring (bicyclic) bond motifs is 1. The summed E-state index contributed by atoms with van der Waals surface area (Å²) < 4.78 is 0. The average molecular weight is 199 g/mol. The maximum atomic E-state index is 3.91. The lowest BCUT2D eigenvalue weighted by Gasteiger charge is -2.22. The van der Waals surface area contributed by atoms with Gasteiger partial charge < -0.3 is 5.32 Å². The highest BCUT2D eigenvalue weighted by Gasteiger charge is 2.15. The predicted octanol–water partition coefficient (Wildman–Crippen LogP) is 3.94. The van der Waals surface area contributed by atoms with E-state index in [0.717, 1.165) is 11.4 Å². The van der Waals surface area contributed by atoms with Crippen molar-refractivity contribution in [3.63, 3.8) is 0 Å². The van der Waals surface area contributed by atoms with Crippen LogP contribution < -0.4 is 5.32 Å². The molecule has 1 aliphatic heterocycles. The van der Waals surface area contributed by atoms with Gasteiger partial charge in [0.05, 0.1) is 0 Å². The largest absolute Gasteiger partial charge is 0.356 e. The Kier molecular flexibility index (Phi) is 2.18. The van der Waals surface area contributed by atoms with E-state index in [0.29, 0.717) is 0 Å². The minimum Gasteiger partial charge on any atom is -0.356 e. The van der Waals surface area contributed by atoms with Gasteiger partial charge in [-0.3, -0.25) is 0 Å². The number of allylic oxidation sites excluding steroid dienone is 1. The SMILES string of the molecule is C=C1C=Cc2ccc(C(C)(C)C)cc2N1. The van der Waals surface area contributed by atoms with Crippen LogP contribution in [0.25, 0.3) is 6.08 Å². The summed E-state index contributed by atoms with van der Waals surface area (Å²) in [6.07, 6.45) is 4.10. The molecular weight excluding hydrogens is 182 g/mol. The lowest BCUT2D eigenvalue weighted by Crippen LogP contribution is -2.12. The first kappa shape index (κ1) is 10.0. The zero-order valence-electron chi connectivity index (χ0n) is 9.59. The molecule has 1 aromatic carbocycles. The lowest BCUT2D eigenvalue weighted by molar-refractivity contribution is 0.590. The quantitative estimate of drug-likeness (QED) is 0.667. The van der Waals surface area contributed by atoms with Crippen molar-refractivity contribution in [3.8, 4) is 0 Å². The van der Waals surface area contributed by atoms with Gasteiger partial charge in [0.1, 0.15) is 0 Å². The van der Waals surface area contributed by atoms with Gasteiger partial charge in [-0.05, 0) is 28.7 Å². The highest BCUT2D eigenvalue weighted by molar-refractivity contribution is 5.75. The van der Waals surface area contributed by atoms with Crippen molar-refractivity contribution in [1.29, 1.82) is 0 Å². The number of rotatable bonds is 0. The number of nitrogens with one attached hydrogen (secondary N) is 1. The highest BCUT2D eigenvalue weighted by atomic mass is 14.9. The van der Waals surface area contributed by atoms with Crippen LogP contribution in [0.4, 0.5) is 5.69 Å². The summed E-state index contributed by atoms with van der Waals surface area (Å²) in [6.45, 7) is 10.6. The maximum absolute atomic E-state index is 3.91. The summed E-state index contributed by atoms with van der Waals surface area (Å²) in [5, 5.41) is 3.29. The summed E-state index contributed by atoms with van der Waals surface area (Å²) in [5.74, 6) is 0. The number of benzene rings is 1. The predicted molar refractivity (Wildman–Crippen MR) is 66.9 cm³/mol. The van der Waals surface area contributed by atoms with E-state index in [-0.39, 0.29) is 5.41 Å². The molecule has 0 saturated carbocycles. The van der Waals surface area contributed by atoms with Crippen LogP contribution in [0.2, 0.25) is 0 Å². The van der Waals surface area contributed by atoms with Crippen LogP contribution in [0.1, 0.15) is 31.9 Å². The highest BCUT2D eigenvalue weighted by Crippen LogP contribution is 2.30. The minimum absolute atomic E-state index is 0.194. The molecule has 0 radical (unpaired) electrons. The molecule has 78 valence electrons. The molecule has 2 rings (SSSR count). The molecule has 1 heteroatoms. The third-order valence-electron chi connectivity index (χ3n) is 2.68. The van der Waals surface area contributed by atoms with E-state index in [1.807, 2.05) is 6.08 Å². The van der Waals surface area contributed by atoms with Gasteiger partial charge in [0, 0.05) is 11.4 Å². The Hall–Kier alpha value is -1.50. The molecule has 0 aliphatic carbocycles. The fourth-order valence-electron chi connectivity index (χ4n) is 1.68. The maximum Gasteiger partial charge on any atom is 0.0460 e. The number of hydrogen-bond acceptors (Lipinski definition) is 1. The van der Waals surface area contributed by atoms with E-state index >= 15 is 0 Å². The molecule has 0 amide bonds. The van der Waals surface area contributed by atoms with Gasteiger partial charge >= 0.3 is 0 Å². The zero-order chi connectivity index (χ0) is 11.1. The van der Waals surface area contributed by atoms with Gasteiger partial charge in [-0.2, -0.15) is 0 Å². The molecule has 1 aromatic rings. The first-order valence-corrected chi connectivity index (χ1v) is 5.25. The summed E-state index contributed by atoms with van der Waals surface area (Å²) >= 11 is 0. The average Bonchev–Trinajstić information content (AvgIpc) is 2.15. The molecule has 0 unspecified atom stereocenters. The Labute approximate surface area is 91.5 Å². The molecule has 1 heterocycles. The molecular formula is C14H17N. The van der Waals surface area contributed by atoms with Gasteiger partial charge in [0.2, 0.25) is 0 Å². The second-order valence-corrected chi connectivity index (χ2v) is 5.04. The second kappa shape index (κ2) is 3.27. The molecule has 1 nitrogen and oxygen atoms in total. The normalized spacial score (nSPS) is 14.7. The molecule has 0 spiro atoms. The number of hydrogen-bond donors (Lipinski definition) is 1. The molecule has 0 aromatic heterocycles. The fraction of sp³-hybridized carbons (Fsp3) is 0.286. The van der Waals surface area contributed by atoms with Crippen molar-refractivity contribution in [3.05, 3.63) is 47.7 Å². The van der Waals surface area contributed by atoms with Crippen LogP contribution in [0.15, 0.2) is 36.6 Å². The second-order valence-electron chi connectivity index (χ2n) is 5.04. The summed E-state index contributed by atoms with van der Waals surface area (Å²) in [5.41, 5.74) is 4.88. The van der Waals surface area contributed by atoms with Crippen molar-refractivity contribution >= 4 is 11.8 Å². The molecule has 0 fully saturated rings. The first-order valence-electron chi connectivity index (χ1n) is 5.25. The zero-order valence-corrected chi connectivity index (χ0v) is 9.59. The van der Waals surface area contributed by atoms with Crippen molar-refractivity contribution < 1.29 is 0 Å². The monoisotopic (exact) mass is 199 g/mol. The summed E-state index contributed by atoms with van der Waals surface area (Å²) in [7, 11) is 0. The smallest absolute Gasteiger partial charge is 0.0460 e. The molecule has 0 saturated heterocycles. The Bertz CT molecular complexity index is 433. The summed E-state index contributed by atoms with van der Waals surface area (Å²) in [6, 6.07) is 6.56.